The van der Waals surface area contributed by atoms with Gasteiger partial charge in [-0.05, 0) is 25.0 Å². The van der Waals surface area contributed by atoms with Crippen LogP contribution in [0, 0.1) is 0 Å². The van der Waals surface area contributed by atoms with Gasteiger partial charge in [-0.3, -0.25) is 4.99 Å². The molecule has 3 rings (SSSR count). The standard InChI is InChI=1S/C19H28N6S/c1-20-19(22-13-15-26-16-8-4-2-5-9-16)21-12-11-18-24-23-17-10-6-3-7-14-25(17)18/h2,4-5,8-9H,3,6-7,10-15H2,1H3,(H2,20,21,22). The summed E-state index contributed by atoms with van der Waals surface area (Å²) in [6.45, 7) is 2.74. The highest BCUT2D eigenvalue weighted by Gasteiger charge is 2.14. The Bertz CT molecular complexity index is 697. The number of hydrogen-bond donors (Lipinski definition) is 2. The minimum Gasteiger partial charge on any atom is -0.356 e. The van der Waals surface area contributed by atoms with Crippen molar-refractivity contribution in [3.63, 3.8) is 0 Å². The number of nitrogens with one attached hydrogen (secondary N) is 2. The van der Waals surface area contributed by atoms with Crippen LogP contribution in [0.15, 0.2) is 40.2 Å². The molecule has 0 radical (unpaired) electrons. The van der Waals surface area contributed by atoms with E-state index in [-0.39, 0.29) is 0 Å². The van der Waals surface area contributed by atoms with Crippen LogP contribution >= 0.6 is 11.8 Å². The Labute approximate surface area is 159 Å². The van der Waals surface area contributed by atoms with Crippen molar-refractivity contribution in [1.82, 2.24) is 25.4 Å². The van der Waals surface area contributed by atoms with Crippen LogP contribution in [0.5, 0.6) is 0 Å². The molecule has 1 aromatic carbocycles. The molecule has 0 aliphatic carbocycles. The Morgan fingerprint density at radius 3 is 2.81 bits per heavy atom. The first-order valence-electron chi connectivity index (χ1n) is 9.40. The summed E-state index contributed by atoms with van der Waals surface area (Å²) in [5.74, 6) is 4.08. The Hall–Kier alpha value is -2.02. The van der Waals surface area contributed by atoms with Crippen molar-refractivity contribution >= 4 is 17.7 Å². The molecular weight excluding hydrogens is 344 g/mol. The topological polar surface area (TPSA) is 67.1 Å². The molecule has 2 N–H and O–H groups in total. The molecule has 0 fully saturated rings. The van der Waals surface area contributed by atoms with E-state index in [4.69, 9.17) is 0 Å². The Balaban J connectivity index is 1.37. The lowest BCUT2D eigenvalue weighted by molar-refractivity contribution is 0.600. The minimum atomic E-state index is 0.809. The van der Waals surface area contributed by atoms with Crippen molar-refractivity contribution in [2.24, 2.45) is 4.99 Å². The third-order valence-electron chi connectivity index (χ3n) is 4.46. The molecule has 6 nitrogen and oxygen atoms in total. The highest BCUT2D eigenvalue weighted by molar-refractivity contribution is 7.99. The zero-order valence-electron chi connectivity index (χ0n) is 15.4. The zero-order valence-corrected chi connectivity index (χ0v) is 16.3. The van der Waals surface area contributed by atoms with Crippen molar-refractivity contribution in [1.29, 1.82) is 0 Å². The van der Waals surface area contributed by atoms with Gasteiger partial charge in [-0.15, -0.1) is 22.0 Å². The molecule has 0 atom stereocenters. The number of guanidine groups is 1. The van der Waals surface area contributed by atoms with E-state index < -0.39 is 0 Å². The van der Waals surface area contributed by atoms with Gasteiger partial charge in [-0.1, -0.05) is 24.6 Å². The second kappa shape index (κ2) is 10.2. The van der Waals surface area contributed by atoms with E-state index in [0.29, 0.717) is 0 Å². The predicted molar refractivity (Wildman–Crippen MR) is 108 cm³/mol. The SMILES string of the molecule is CN=C(NCCSc1ccccc1)NCCc1nnc2n1CCCCC2. The molecule has 0 bridgehead atoms. The summed E-state index contributed by atoms with van der Waals surface area (Å²) in [5, 5.41) is 15.5. The molecule has 0 saturated carbocycles. The second-order valence-corrected chi connectivity index (χ2v) is 7.50. The van der Waals surface area contributed by atoms with Gasteiger partial charge < -0.3 is 15.2 Å². The third kappa shape index (κ3) is 5.49. The van der Waals surface area contributed by atoms with Gasteiger partial charge in [0.1, 0.15) is 11.6 Å². The number of thioether (sulfide) groups is 1. The molecule has 7 heteroatoms. The van der Waals surface area contributed by atoms with Crippen molar-refractivity contribution in [2.45, 2.75) is 43.5 Å². The lowest BCUT2D eigenvalue weighted by atomic mass is 10.2. The summed E-state index contributed by atoms with van der Waals surface area (Å²) in [4.78, 5) is 5.59. The summed E-state index contributed by atoms with van der Waals surface area (Å²) in [5.41, 5.74) is 0. The lowest BCUT2D eigenvalue weighted by Crippen LogP contribution is -2.39. The van der Waals surface area contributed by atoms with Gasteiger partial charge >= 0.3 is 0 Å². The maximum Gasteiger partial charge on any atom is 0.191 e. The normalized spacial score (nSPS) is 14.6. The fourth-order valence-corrected chi connectivity index (χ4v) is 3.89. The molecule has 0 spiro atoms. The van der Waals surface area contributed by atoms with Crippen molar-refractivity contribution in [3.8, 4) is 0 Å². The molecule has 0 amide bonds. The molecule has 1 aromatic heterocycles. The number of fused-ring (bicyclic) bond motifs is 1. The monoisotopic (exact) mass is 372 g/mol. The van der Waals surface area contributed by atoms with E-state index in [1.807, 2.05) is 24.9 Å². The van der Waals surface area contributed by atoms with Crippen molar-refractivity contribution < 1.29 is 0 Å². The Morgan fingerprint density at radius 2 is 1.96 bits per heavy atom. The number of aromatic nitrogens is 3. The summed E-state index contributed by atoms with van der Waals surface area (Å²) < 4.78 is 2.31. The lowest BCUT2D eigenvalue weighted by Gasteiger charge is -2.12. The van der Waals surface area contributed by atoms with Crippen LogP contribution in [-0.2, 0) is 19.4 Å². The number of nitrogens with zero attached hydrogens (tertiary/aromatic N) is 4. The van der Waals surface area contributed by atoms with Crippen LogP contribution in [0.4, 0.5) is 0 Å². The molecule has 26 heavy (non-hydrogen) atoms. The number of hydrogen-bond acceptors (Lipinski definition) is 4. The summed E-state index contributed by atoms with van der Waals surface area (Å²) in [7, 11) is 1.81. The van der Waals surface area contributed by atoms with Gasteiger partial charge in [-0.2, -0.15) is 0 Å². The van der Waals surface area contributed by atoms with Gasteiger partial charge in [-0.25, -0.2) is 0 Å². The van der Waals surface area contributed by atoms with Gasteiger partial charge in [0.15, 0.2) is 5.96 Å². The van der Waals surface area contributed by atoms with Crippen LogP contribution in [0.2, 0.25) is 0 Å². The van der Waals surface area contributed by atoms with Crippen LogP contribution in [0.1, 0.15) is 30.9 Å². The van der Waals surface area contributed by atoms with Crippen molar-refractivity contribution in [2.75, 3.05) is 25.9 Å². The summed E-state index contributed by atoms with van der Waals surface area (Å²) >= 11 is 1.85. The van der Waals surface area contributed by atoms with Gasteiger partial charge in [0.2, 0.25) is 0 Å². The Morgan fingerprint density at radius 1 is 1.12 bits per heavy atom. The summed E-state index contributed by atoms with van der Waals surface area (Å²) in [6.07, 6.45) is 5.68. The average molecular weight is 373 g/mol. The molecule has 1 aliphatic rings. The molecule has 140 valence electrons. The number of benzene rings is 1. The first kappa shape index (κ1) is 18.8. The fraction of sp³-hybridized carbons (Fsp3) is 0.526. The quantitative estimate of drug-likeness (QED) is 0.338. The first-order chi connectivity index (χ1) is 12.9. The van der Waals surface area contributed by atoms with Gasteiger partial charge in [0, 0.05) is 50.2 Å². The van der Waals surface area contributed by atoms with E-state index in [1.54, 1.807) is 0 Å². The number of rotatable bonds is 7. The average Bonchev–Trinajstić information content (AvgIpc) is 2.90. The molecule has 2 aromatic rings. The van der Waals surface area contributed by atoms with Crippen LogP contribution in [0.3, 0.4) is 0 Å². The highest BCUT2D eigenvalue weighted by atomic mass is 32.2. The number of aryl methyl sites for hydroxylation is 1. The van der Waals surface area contributed by atoms with Gasteiger partial charge in [0.25, 0.3) is 0 Å². The molecular formula is C19H28N6S. The van der Waals surface area contributed by atoms with Crippen LogP contribution < -0.4 is 10.6 Å². The number of aliphatic imine (C=N–C) groups is 1. The smallest absolute Gasteiger partial charge is 0.191 e. The highest BCUT2D eigenvalue weighted by Crippen LogP contribution is 2.16. The van der Waals surface area contributed by atoms with E-state index >= 15 is 0 Å². The Kier molecular flexibility index (Phi) is 7.37. The second-order valence-electron chi connectivity index (χ2n) is 6.33. The molecule has 0 unspecified atom stereocenters. The fourth-order valence-electron chi connectivity index (χ4n) is 3.10. The predicted octanol–water partition coefficient (Wildman–Crippen LogP) is 2.50. The minimum absolute atomic E-state index is 0.809. The van der Waals surface area contributed by atoms with E-state index in [0.717, 1.165) is 55.8 Å². The molecule has 1 aliphatic heterocycles. The zero-order chi connectivity index (χ0) is 18.0. The van der Waals surface area contributed by atoms with E-state index in [1.165, 1.54) is 24.2 Å². The largest absolute Gasteiger partial charge is 0.356 e. The molecule has 2 heterocycles. The van der Waals surface area contributed by atoms with Crippen LogP contribution in [-0.4, -0.2) is 46.6 Å². The maximum atomic E-state index is 4.38. The van der Waals surface area contributed by atoms with E-state index in [2.05, 4.69) is 54.7 Å². The third-order valence-corrected chi connectivity index (χ3v) is 5.47. The molecule has 0 saturated heterocycles. The van der Waals surface area contributed by atoms with Crippen LogP contribution in [0.25, 0.3) is 0 Å². The van der Waals surface area contributed by atoms with Gasteiger partial charge in [0.05, 0.1) is 0 Å². The first-order valence-corrected chi connectivity index (χ1v) is 10.4. The van der Waals surface area contributed by atoms with E-state index in [9.17, 15) is 0 Å². The maximum absolute atomic E-state index is 4.38. The van der Waals surface area contributed by atoms with Crippen molar-refractivity contribution in [3.05, 3.63) is 42.0 Å². The summed E-state index contributed by atoms with van der Waals surface area (Å²) in [6, 6.07) is 10.5.